The van der Waals surface area contributed by atoms with Gasteiger partial charge in [0.1, 0.15) is 12.2 Å². The highest BCUT2D eigenvalue weighted by Gasteiger charge is 2.17. The van der Waals surface area contributed by atoms with Crippen LogP contribution in [0.4, 0.5) is 0 Å². The van der Waals surface area contributed by atoms with Gasteiger partial charge in [0.05, 0.1) is 5.94 Å². The second-order valence-electron chi connectivity index (χ2n) is 2.39. The van der Waals surface area contributed by atoms with E-state index in [-0.39, 0.29) is 0 Å². The second-order valence-corrected chi connectivity index (χ2v) is 3.42. The summed E-state index contributed by atoms with van der Waals surface area (Å²) in [5.74, 6) is 1.38. The Kier molecular flexibility index (Phi) is 2.82. The predicted molar refractivity (Wildman–Crippen MR) is 38.1 cm³/mol. The first-order chi connectivity index (χ1) is 4.30. The van der Waals surface area contributed by atoms with Gasteiger partial charge in [0.2, 0.25) is 0 Å². The maximum absolute atomic E-state index is 5.28. The van der Waals surface area contributed by atoms with Crippen LogP contribution < -0.4 is 0 Å². The quantitative estimate of drug-likeness (QED) is 0.563. The van der Waals surface area contributed by atoms with E-state index in [9.17, 15) is 0 Å². The summed E-state index contributed by atoms with van der Waals surface area (Å²) >= 11 is 1.73. The average Bonchev–Trinajstić information content (AvgIpc) is 1.90. The number of hydrogen-bond acceptors (Lipinski definition) is 3. The van der Waals surface area contributed by atoms with Gasteiger partial charge in [-0.1, -0.05) is 13.8 Å². The molecule has 0 spiro atoms. The summed E-state index contributed by atoms with van der Waals surface area (Å²) in [6.07, 6.45) is 0. The van der Waals surface area contributed by atoms with E-state index < -0.39 is 0 Å². The van der Waals surface area contributed by atoms with Crippen molar-refractivity contribution in [2.24, 2.45) is 5.92 Å². The lowest BCUT2D eigenvalue weighted by Crippen LogP contribution is -2.23. The van der Waals surface area contributed by atoms with Crippen LogP contribution in [0.2, 0.25) is 0 Å². The van der Waals surface area contributed by atoms with Gasteiger partial charge < -0.3 is 9.47 Å². The van der Waals surface area contributed by atoms with Crippen LogP contribution in [0.1, 0.15) is 13.8 Å². The van der Waals surface area contributed by atoms with Gasteiger partial charge in [0.15, 0.2) is 0 Å². The summed E-state index contributed by atoms with van der Waals surface area (Å²) in [4.78, 5) is 0. The lowest BCUT2D eigenvalue weighted by molar-refractivity contribution is -0.0735. The van der Waals surface area contributed by atoms with E-state index in [0.29, 0.717) is 18.1 Å². The monoisotopic (exact) mass is 148 g/mol. The van der Waals surface area contributed by atoms with Gasteiger partial charge in [-0.25, -0.2) is 0 Å². The van der Waals surface area contributed by atoms with Gasteiger partial charge in [0.25, 0.3) is 0 Å². The molecular weight excluding hydrogens is 136 g/mol. The maximum atomic E-state index is 5.28. The first kappa shape index (κ1) is 7.38. The molecule has 0 aromatic carbocycles. The van der Waals surface area contributed by atoms with E-state index in [4.69, 9.17) is 9.47 Å². The molecule has 1 saturated heterocycles. The average molecular weight is 148 g/mol. The third-order valence-electron chi connectivity index (χ3n) is 1.18. The van der Waals surface area contributed by atoms with Crippen molar-refractivity contribution < 1.29 is 9.47 Å². The fourth-order valence-corrected chi connectivity index (χ4v) is 1.53. The lowest BCUT2D eigenvalue weighted by Gasteiger charge is -2.24. The molecule has 0 aromatic heterocycles. The molecule has 2 nitrogen and oxygen atoms in total. The smallest absolute Gasteiger partial charge is 0.149 e. The fourth-order valence-electron chi connectivity index (χ4n) is 0.697. The molecule has 1 fully saturated rings. The van der Waals surface area contributed by atoms with E-state index >= 15 is 0 Å². The van der Waals surface area contributed by atoms with Gasteiger partial charge in [-0.05, 0) is 5.92 Å². The highest BCUT2D eigenvalue weighted by molar-refractivity contribution is 7.99. The molecule has 0 saturated carbocycles. The van der Waals surface area contributed by atoms with Crippen LogP contribution >= 0.6 is 11.8 Å². The summed E-state index contributed by atoms with van der Waals surface area (Å²) in [5.41, 5.74) is 0.346. The van der Waals surface area contributed by atoms with E-state index in [2.05, 4.69) is 13.8 Å². The standard InChI is InChI=1S/C6H12O2S/c1-5(2)6-8-3-7-4-9-6/h5-6H,3-4H2,1-2H3. The summed E-state index contributed by atoms with van der Waals surface area (Å²) in [7, 11) is 0. The summed E-state index contributed by atoms with van der Waals surface area (Å²) in [6, 6.07) is 0. The minimum Gasteiger partial charge on any atom is -0.345 e. The Morgan fingerprint density at radius 2 is 2.33 bits per heavy atom. The van der Waals surface area contributed by atoms with Gasteiger partial charge in [-0.15, -0.1) is 11.8 Å². The Hall–Kier alpha value is 0.270. The number of ether oxygens (including phenoxy) is 2. The largest absolute Gasteiger partial charge is 0.345 e. The fraction of sp³-hybridized carbons (Fsp3) is 1.00. The predicted octanol–water partition coefficient (Wildman–Crippen LogP) is 1.66. The molecule has 1 atom stereocenters. The Labute approximate surface area is 59.9 Å². The van der Waals surface area contributed by atoms with Crippen LogP contribution in [0.3, 0.4) is 0 Å². The zero-order valence-corrected chi connectivity index (χ0v) is 6.61. The first-order valence-corrected chi connectivity index (χ1v) is 4.16. The summed E-state index contributed by atoms with van der Waals surface area (Å²) < 4.78 is 10.3. The number of thioether (sulfide) groups is 1. The molecule has 54 valence electrons. The third-order valence-corrected chi connectivity index (χ3v) is 2.49. The molecule has 0 bridgehead atoms. The SMILES string of the molecule is CC(C)C1OCOCS1. The third kappa shape index (κ3) is 2.16. The van der Waals surface area contributed by atoms with E-state index in [1.807, 2.05) is 0 Å². The second kappa shape index (κ2) is 3.44. The van der Waals surface area contributed by atoms with Crippen LogP contribution in [-0.4, -0.2) is 18.2 Å². The normalized spacial score (nSPS) is 29.0. The summed E-state index contributed by atoms with van der Waals surface area (Å²) in [5, 5.41) is 0. The Morgan fingerprint density at radius 1 is 1.56 bits per heavy atom. The first-order valence-electron chi connectivity index (χ1n) is 3.11. The van der Waals surface area contributed by atoms with Gasteiger partial charge in [-0.2, -0.15) is 0 Å². The van der Waals surface area contributed by atoms with Crippen molar-refractivity contribution in [2.75, 3.05) is 12.7 Å². The minimum absolute atomic E-state index is 0.346. The zero-order valence-electron chi connectivity index (χ0n) is 5.79. The molecule has 1 aliphatic rings. The van der Waals surface area contributed by atoms with Crippen molar-refractivity contribution in [1.29, 1.82) is 0 Å². The Bertz CT molecular complexity index is 79.1. The Morgan fingerprint density at radius 3 is 2.67 bits per heavy atom. The van der Waals surface area contributed by atoms with Crippen LogP contribution in [0.5, 0.6) is 0 Å². The molecule has 0 N–H and O–H groups in total. The van der Waals surface area contributed by atoms with Crippen LogP contribution in [0.15, 0.2) is 0 Å². The van der Waals surface area contributed by atoms with Gasteiger partial charge >= 0.3 is 0 Å². The minimum atomic E-state index is 0.346. The molecule has 3 heteroatoms. The summed E-state index contributed by atoms with van der Waals surface area (Å²) in [6.45, 7) is 4.78. The van der Waals surface area contributed by atoms with Crippen molar-refractivity contribution >= 4 is 11.8 Å². The molecule has 1 aliphatic heterocycles. The molecule has 0 aromatic rings. The molecule has 0 radical (unpaired) electrons. The molecule has 0 amide bonds. The molecular formula is C6H12O2S. The van der Waals surface area contributed by atoms with Gasteiger partial charge in [0, 0.05) is 0 Å². The molecule has 1 unspecified atom stereocenters. The van der Waals surface area contributed by atoms with Crippen molar-refractivity contribution in [3.05, 3.63) is 0 Å². The molecule has 9 heavy (non-hydrogen) atoms. The molecule has 1 heterocycles. The van der Waals surface area contributed by atoms with E-state index in [1.165, 1.54) is 0 Å². The van der Waals surface area contributed by atoms with Crippen LogP contribution in [0, 0.1) is 5.92 Å². The van der Waals surface area contributed by atoms with Crippen LogP contribution in [0.25, 0.3) is 0 Å². The van der Waals surface area contributed by atoms with Crippen molar-refractivity contribution in [2.45, 2.75) is 19.3 Å². The highest BCUT2D eigenvalue weighted by Crippen LogP contribution is 2.23. The maximum Gasteiger partial charge on any atom is 0.149 e. The van der Waals surface area contributed by atoms with Crippen LogP contribution in [-0.2, 0) is 9.47 Å². The van der Waals surface area contributed by atoms with Crippen molar-refractivity contribution in [1.82, 2.24) is 0 Å². The highest BCUT2D eigenvalue weighted by atomic mass is 32.2. The van der Waals surface area contributed by atoms with E-state index in [0.717, 1.165) is 5.94 Å². The number of hydrogen-bond donors (Lipinski definition) is 0. The van der Waals surface area contributed by atoms with E-state index in [1.54, 1.807) is 11.8 Å². The topological polar surface area (TPSA) is 18.5 Å². The lowest BCUT2D eigenvalue weighted by atomic mass is 10.2. The van der Waals surface area contributed by atoms with Gasteiger partial charge in [-0.3, -0.25) is 0 Å². The Balaban J connectivity index is 2.23. The number of rotatable bonds is 1. The zero-order chi connectivity index (χ0) is 6.69. The van der Waals surface area contributed by atoms with Crippen molar-refractivity contribution in [3.63, 3.8) is 0 Å². The molecule has 0 aliphatic carbocycles. The molecule has 1 rings (SSSR count). The van der Waals surface area contributed by atoms with Crippen molar-refractivity contribution in [3.8, 4) is 0 Å².